The molecule has 28 heteroatoms. The number of aliphatic carboxylic acids is 4. The molecule has 0 heterocycles. The van der Waals surface area contributed by atoms with E-state index in [4.69, 9.17) is 40.0 Å². The Kier molecular flexibility index (Phi) is 71.5. The van der Waals surface area contributed by atoms with Crippen molar-refractivity contribution in [2.24, 2.45) is 29.4 Å². The number of carbonyl (C=O) groups excluding carboxylic acids is 8. The predicted molar refractivity (Wildman–Crippen MR) is 338 cm³/mol. The number of hydrogen-bond acceptors (Lipinski definition) is 19. The van der Waals surface area contributed by atoms with Crippen molar-refractivity contribution >= 4 is 82.5 Å². The molecule has 0 spiro atoms. The molecular weight excluding hydrogens is 1160 g/mol. The fourth-order valence-electron chi connectivity index (χ4n) is 7.12. The number of thioether (sulfide) groups is 1. The van der Waals surface area contributed by atoms with Crippen molar-refractivity contribution < 1.29 is 102 Å². The van der Waals surface area contributed by atoms with Gasteiger partial charge < -0.3 is 76.8 Å². The Balaban J connectivity index is -0.000000588. The van der Waals surface area contributed by atoms with Crippen molar-refractivity contribution in [3.8, 4) is 0 Å². The van der Waals surface area contributed by atoms with E-state index in [1.165, 1.54) is 18.7 Å². The number of ketones is 3. The minimum atomic E-state index is -1.25. The number of unbranched alkanes of at least 4 members (excludes halogenated alkanes) is 1. The number of Topliss-reactive ketones (excluding diaryl/α,β-unsaturated/α-hetero) is 3. The van der Waals surface area contributed by atoms with Crippen LogP contribution < -0.4 is 32.3 Å². The summed E-state index contributed by atoms with van der Waals surface area (Å²) in [7, 11) is 0. The molecule has 0 unspecified atom stereocenters. The summed E-state index contributed by atoms with van der Waals surface area (Å²) < 4.78 is 21.4. The van der Waals surface area contributed by atoms with Gasteiger partial charge in [0, 0.05) is 75.9 Å². The van der Waals surface area contributed by atoms with Crippen LogP contribution in [-0.4, -0.2) is 205 Å². The largest absolute Gasteiger partial charge is 0.481 e. The molecule has 1 aliphatic carbocycles. The number of carboxylic acids is 4. The summed E-state index contributed by atoms with van der Waals surface area (Å²) >= 11 is 1.21. The molecule has 0 aromatic rings. The van der Waals surface area contributed by atoms with Crippen LogP contribution in [0.4, 0.5) is 0 Å². The number of carboxylic acid groups (broad SMARTS) is 4. The zero-order valence-electron chi connectivity index (χ0n) is 45.8. The minimum Gasteiger partial charge on any atom is -0.481 e. The van der Waals surface area contributed by atoms with Crippen LogP contribution in [0.3, 0.4) is 0 Å². The van der Waals surface area contributed by atoms with E-state index < -0.39 is 78.7 Å². The average Bonchev–Trinajstić information content (AvgIpc) is 3.40. The van der Waals surface area contributed by atoms with Gasteiger partial charge in [-0.25, -0.2) is 9.59 Å². The van der Waals surface area contributed by atoms with E-state index in [9.17, 15) is 67.7 Å². The highest BCUT2D eigenvalue weighted by atomic mass is 32.2. The lowest BCUT2D eigenvalue weighted by atomic mass is 9.81. The van der Waals surface area contributed by atoms with Crippen LogP contribution in [0.25, 0.3) is 0 Å². The van der Waals surface area contributed by atoms with Crippen molar-refractivity contribution in [1.82, 2.24) is 26.6 Å². The zero-order valence-corrected chi connectivity index (χ0v) is 46.6. The fraction of sp³-hybridized carbons (Fsp3) is 0.797. The number of hydrogen-bond donors (Lipinski definition) is 11. The first-order valence-electron chi connectivity index (χ1n) is 26.6. The van der Waals surface area contributed by atoms with Crippen molar-refractivity contribution in [3.63, 3.8) is 0 Å². The summed E-state index contributed by atoms with van der Waals surface area (Å²) in [5, 5.41) is 59.0. The monoisotopic (exact) mass is 1280 g/mol. The number of rotatable bonds is 46. The summed E-state index contributed by atoms with van der Waals surface area (Å²) in [5.74, 6) is -8.57. The van der Waals surface area contributed by atoms with Crippen LogP contribution in [0, 0.1) is 23.7 Å². The average molecular weight is 1280 g/mol. The van der Waals surface area contributed by atoms with Crippen molar-refractivity contribution in [2.45, 2.75) is 195 Å². The lowest BCUT2D eigenvalue weighted by Gasteiger charge is -2.28. The molecule has 1 fully saturated rings. The van der Waals surface area contributed by atoms with Crippen molar-refractivity contribution in [3.05, 3.63) is 0 Å². The third-order valence-corrected chi connectivity index (χ3v) is 13.3. The van der Waals surface area contributed by atoms with Crippen LogP contribution in [-0.2, 0) is 76.5 Å². The molecule has 0 aliphatic heterocycles. The van der Waals surface area contributed by atoms with Crippen LogP contribution >= 0.6 is 11.8 Å². The second-order valence-electron chi connectivity index (χ2n) is 19.0. The SMILES string of the molecule is C.C.C.C.C.C.C.C.CC(=O)[C@H](C)N.C[C@@H](CSCC(=O)NCCCC[C@H](NC(=O)COCCOCCCC(=O)COCCOCCNC(=O)CC[C@H](NC(=O)C1CCC(CNC(=O)CCCC(=O)O)CC1)C(=O)O)C(=O)O)C(=O)C[C@@H](CO)C(=O)O. The fourth-order valence-corrected chi connectivity index (χ4v) is 8.07. The predicted octanol–water partition coefficient (Wildman–Crippen LogP) is 4.93. The molecule has 0 radical (unpaired) electrons. The van der Waals surface area contributed by atoms with E-state index >= 15 is 0 Å². The molecule has 12 N–H and O–H groups in total. The molecule has 0 aromatic heterocycles. The summed E-state index contributed by atoms with van der Waals surface area (Å²) in [6.07, 6.45) is 3.71. The van der Waals surface area contributed by atoms with Gasteiger partial charge in [0.15, 0.2) is 5.78 Å². The Morgan fingerprint density at radius 1 is 0.552 bits per heavy atom. The maximum Gasteiger partial charge on any atom is 0.326 e. The Morgan fingerprint density at radius 3 is 1.62 bits per heavy atom. The highest BCUT2D eigenvalue weighted by Gasteiger charge is 2.30. The van der Waals surface area contributed by atoms with E-state index in [2.05, 4.69) is 26.6 Å². The van der Waals surface area contributed by atoms with Gasteiger partial charge in [0.05, 0.1) is 57.4 Å². The van der Waals surface area contributed by atoms with Crippen LogP contribution in [0.2, 0.25) is 0 Å². The number of aliphatic hydroxyl groups is 1. The van der Waals surface area contributed by atoms with E-state index in [0.29, 0.717) is 57.2 Å². The number of amides is 5. The molecule has 1 aliphatic rings. The molecule has 87 heavy (non-hydrogen) atoms. The second-order valence-corrected chi connectivity index (χ2v) is 20.1. The summed E-state index contributed by atoms with van der Waals surface area (Å²) in [6, 6.07) is -2.69. The molecule has 0 bridgehead atoms. The number of ether oxygens (including phenoxy) is 4. The number of nitrogens with two attached hydrogens (primary N) is 1. The maximum atomic E-state index is 12.8. The van der Waals surface area contributed by atoms with E-state index in [-0.39, 0.29) is 223 Å². The third-order valence-electron chi connectivity index (χ3n) is 12.1. The second kappa shape index (κ2) is 62.0. The number of carbonyl (C=O) groups is 12. The minimum absolute atomic E-state index is 0. The lowest BCUT2D eigenvalue weighted by molar-refractivity contribution is -0.145. The van der Waals surface area contributed by atoms with Gasteiger partial charge in [-0.15, -0.1) is 0 Å². The first-order chi connectivity index (χ1) is 37.5. The normalized spacial score (nSPS) is 14.3. The van der Waals surface area contributed by atoms with Crippen LogP contribution in [0.5, 0.6) is 0 Å². The Morgan fingerprint density at radius 2 is 1.08 bits per heavy atom. The highest BCUT2D eigenvalue weighted by Crippen LogP contribution is 2.29. The first kappa shape index (κ1) is 100. The quantitative estimate of drug-likeness (QED) is 0.0360. The van der Waals surface area contributed by atoms with Gasteiger partial charge in [0.1, 0.15) is 36.9 Å². The Bertz CT molecular complexity index is 1910. The Hall–Kier alpha value is -5.65. The number of nitrogens with one attached hydrogen (secondary N) is 5. The van der Waals surface area contributed by atoms with Gasteiger partial charge in [-0.3, -0.25) is 47.9 Å². The lowest BCUT2D eigenvalue weighted by Crippen LogP contribution is -2.45. The first-order valence-corrected chi connectivity index (χ1v) is 27.7. The van der Waals surface area contributed by atoms with Gasteiger partial charge >= 0.3 is 23.9 Å². The van der Waals surface area contributed by atoms with E-state index in [1.54, 1.807) is 13.8 Å². The topological polar surface area (TPSA) is 429 Å². The maximum absolute atomic E-state index is 12.8. The zero-order chi connectivity index (χ0) is 59.5. The molecule has 5 atom stereocenters. The molecule has 27 nitrogen and oxygen atoms in total. The molecule has 0 aromatic carbocycles. The molecule has 1 saturated carbocycles. The highest BCUT2D eigenvalue weighted by molar-refractivity contribution is 7.99. The van der Waals surface area contributed by atoms with Gasteiger partial charge in [-0.05, 0) is 84.0 Å². The summed E-state index contributed by atoms with van der Waals surface area (Å²) in [4.78, 5) is 141. The molecule has 1 rings (SSSR count). The van der Waals surface area contributed by atoms with Crippen LogP contribution in [0.1, 0.15) is 176 Å². The van der Waals surface area contributed by atoms with E-state index in [0.717, 1.165) is 0 Å². The molecule has 5 amide bonds. The van der Waals surface area contributed by atoms with Gasteiger partial charge in [-0.1, -0.05) is 66.3 Å². The smallest absolute Gasteiger partial charge is 0.326 e. The Labute approximate surface area is 524 Å². The molecule has 516 valence electrons. The molecule has 0 saturated heterocycles. The van der Waals surface area contributed by atoms with Crippen molar-refractivity contribution in [1.29, 1.82) is 0 Å². The summed E-state index contributed by atoms with van der Waals surface area (Å²) in [5.41, 5.74) is 5.09. The van der Waals surface area contributed by atoms with Gasteiger partial charge in [0.2, 0.25) is 29.5 Å². The van der Waals surface area contributed by atoms with Gasteiger partial charge in [0.25, 0.3) is 0 Å². The van der Waals surface area contributed by atoms with E-state index in [1.807, 2.05) is 0 Å². The standard InChI is InChI=1S/C47H77N5O20S.C4H9NO.8CH4/c1-31(38(55)24-34(26-53)45(63)64)29-73-30-42(59)48-16-3-2-7-36(46(65)66)51-41(58)28-72-23-20-69-18-5-6-35(54)27-71-22-21-70-19-17-49-40(57)15-14-37(47(67)68)52-44(62)33-12-10-32(11-13-33)25-50-39(56)8-4-9-43(60)61;1-3(5)4(2)6;;;;;;;;/h31-34,36-37,53H,2-30H2,1H3,(H,48,59)(H,49,57)(H,50,56)(H,51,58)(H,52,62)(H,60,61)(H,63,64)(H,65,66)(H,67,68);3H,5H2,1-2H3;8*1H4/t31-,32?,33?,34-,36-,37-;3-;;;;;;;;/m00......../s1. The molecular formula is C59H118N6O21S. The third kappa shape index (κ3) is 55.4. The summed E-state index contributed by atoms with van der Waals surface area (Å²) in [6.45, 7) is 5.32. The number of aliphatic hydroxyl groups excluding tert-OH is 1. The van der Waals surface area contributed by atoms with Crippen LogP contribution in [0.15, 0.2) is 0 Å². The van der Waals surface area contributed by atoms with Crippen molar-refractivity contribution in [2.75, 3.05) is 90.6 Å². The van der Waals surface area contributed by atoms with Gasteiger partial charge in [-0.2, -0.15) is 11.8 Å².